The van der Waals surface area contributed by atoms with Crippen molar-refractivity contribution in [1.82, 2.24) is 4.98 Å². The van der Waals surface area contributed by atoms with E-state index in [-0.39, 0.29) is 4.21 Å². The van der Waals surface area contributed by atoms with E-state index in [0.29, 0.717) is 15.2 Å². The maximum Gasteiger partial charge on any atom is 0.271 e. The van der Waals surface area contributed by atoms with Crippen LogP contribution in [-0.4, -0.2) is 13.4 Å². The lowest BCUT2D eigenvalue weighted by atomic mass is 10.3. The molecule has 2 aromatic heterocycles. The summed E-state index contributed by atoms with van der Waals surface area (Å²) in [4.78, 5) is 4.37. The van der Waals surface area contributed by atoms with Crippen LogP contribution in [0.25, 0.3) is 0 Å². The van der Waals surface area contributed by atoms with Crippen LogP contribution in [0.5, 0.6) is 0 Å². The second-order valence-corrected chi connectivity index (χ2v) is 7.41. The minimum atomic E-state index is -3.67. The molecule has 0 fully saturated rings. The minimum absolute atomic E-state index is 0.102. The van der Waals surface area contributed by atoms with Crippen molar-refractivity contribution in [2.45, 2.75) is 11.1 Å². The first-order valence-corrected chi connectivity index (χ1v) is 8.16. The van der Waals surface area contributed by atoms with Gasteiger partial charge in [-0.25, -0.2) is 13.4 Å². The number of hydrogen-bond acceptors (Lipinski definition) is 5. The first kappa shape index (κ1) is 14.0. The topological polar surface area (TPSA) is 82.9 Å². The number of rotatable bonds is 3. The molecule has 0 amide bonds. The summed E-state index contributed by atoms with van der Waals surface area (Å²) in [5.41, 5.74) is 1.21. The predicted octanol–water partition coefficient (Wildman–Crippen LogP) is 2.89. The van der Waals surface area contributed by atoms with Crippen molar-refractivity contribution in [2.24, 2.45) is 0 Å². The Balaban J connectivity index is 2.31. The van der Waals surface area contributed by atoms with Gasteiger partial charge in [-0.2, -0.15) is 5.26 Å². The van der Waals surface area contributed by atoms with Gasteiger partial charge in [-0.15, -0.1) is 11.3 Å². The number of hydrogen-bond donors (Lipinski definition) is 1. The van der Waals surface area contributed by atoms with Gasteiger partial charge in [-0.1, -0.05) is 0 Å². The molecular weight excluding hydrogens is 350 g/mol. The Morgan fingerprint density at radius 3 is 2.79 bits per heavy atom. The molecule has 8 heteroatoms. The van der Waals surface area contributed by atoms with Gasteiger partial charge in [0.15, 0.2) is 0 Å². The normalized spacial score (nSPS) is 11.0. The largest absolute Gasteiger partial charge is 0.277 e. The van der Waals surface area contributed by atoms with Crippen molar-refractivity contribution in [3.05, 3.63) is 39.4 Å². The maximum atomic E-state index is 12.1. The Morgan fingerprint density at radius 1 is 1.47 bits per heavy atom. The number of aryl methyl sites for hydroxylation is 1. The van der Waals surface area contributed by atoms with E-state index in [1.807, 2.05) is 13.0 Å². The van der Waals surface area contributed by atoms with Gasteiger partial charge in [0.25, 0.3) is 10.0 Å². The van der Waals surface area contributed by atoms with E-state index in [1.54, 1.807) is 6.07 Å². The molecular formula is C11H8BrN3O2S2. The van der Waals surface area contributed by atoms with Crippen molar-refractivity contribution in [2.75, 3.05) is 4.72 Å². The molecule has 0 atom stereocenters. The van der Waals surface area contributed by atoms with Crippen molar-refractivity contribution >= 4 is 43.0 Å². The Morgan fingerprint density at radius 2 is 2.21 bits per heavy atom. The van der Waals surface area contributed by atoms with Gasteiger partial charge in [0.1, 0.15) is 19.8 Å². The second-order valence-electron chi connectivity index (χ2n) is 3.67. The van der Waals surface area contributed by atoms with Gasteiger partial charge in [-0.05, 0) is 46.6 Å². The molecule has 0 radical (unpaired) electrons. The van der Waals surface area contributed by atoms with Gasteiger partial charge < -0.3 is 0 Å². The second kappa shape index (κ2) is 5.28. The molecule has 0 aliphatic rings. The van der Waals surface area contributed by atoms with Gasteiger partial charge in [0.05, 0.1) is 11.9 Å². The van der Waals surface area contributed by atoms with Gasteiger partial charge in [-0.3, -0.25) is 4.72 Å². The smallest absolute Gasteiger partial charge is 0.271 e. The summed E-state index contributed by atoms with van der Waals surface area (Å²) in [7, 11) is -3.67. The molecule has 0 unspecified atom stereocenters. The zero-order valence-corrected chi connectivity index (χ0v) is 12.9. The molecule has 98 valence electrons. The third kappa shape index (κ3) is 3.12. The first-order valence-electron chi connectivity index (χ1n) is 5.07. The molecule has 0 saturated carbocycles. The third-order valence-corrected chi connectivity index (χ3v) is 5.92. The lowest BCUT2D eigenvalue weighted by Crippen LogP contribution is -2.11. The molecule has 1 N–H and O–H groups in total. The SMILES string of the molecule is Cc1cc(NS(=O)(=O)c2ccc(C#N)s2)cnc1Br. The molecule has 2 aromatic rings. The number of sulfonamides is 1. The number of pyridine rings is 1. The van der Waals surface area contributed by atoms with E-state index in [1.165, 1.54) is 18.3 Å². The highest BCUT2D eigenvalue weighted by Crippen LogP contribution is 2.24. The van der Waals surface area contributed by atoms with Crippen LogP contribution in [0.15, 0.2) is 33.2 Å². The summed E-state index contributed by atoms with van der Waals surface area (Å²) in [6.45, 7) is 1.81. The van der Waals surface area contributed by atoms with E-state index in [0.717, 1.165) is 16.9 Å². The summed E-state index contributed by atoms with van der Waals surface area (Å²) in [5.74, 6) is 0. The number of nitrogens with zero attached hydrogens (tertiary/aromatic N) is 2. The molecule has 2 heterocycles. The number of halogens is 1. The fourth-order valence-electron chi connectivity index (χ4n) is 1.34. The van der Waals surface area contributed by atoms with Crippen LogP contribution in [0, 0.1) is 18.3 Å². The Labute approximate surface area is 123 Å². The molecule has 0 bridgehead atoms. The molecule has 2 rings (SSSR count). The Hall–Kier alpha value is -1.43. The van der Waals surface area contributed by atoms with E-state index in [4.69, 9.17) is 5.26 Å². The summed E-state index contributed by atoms with van der Waals surface area (Å²) in [5, 5.41) is 8.70. The fraction of sp³-hybridized carbons (Fsp3) is 0.0909. The summed E-state index contributed by atoms with van der Waals surface area (Å²) in [6, 6.07) is 6.47. The van der Waals surface area contributed by atoms with Crippen LogP contribution < -0.4 is 4.72 Å². The first-order chi connectivity index (χ1) is 8.92. The Kier molecular flexibility index (Phi) is 3.89. The molecule has 0 saturated heterocycles. The summed E-state index contributed by atoms with van der Waals surface area (Å²) >= 11 is 4.17. The van der Waals surface area contributed by atoms with Crippen molar-refractivity contribution < 1.29 is 8.42 Å². The van der Waals surface area contributed by atoms with Crippen molar-refractivity contribution in [1.29, 1.82) is 5.26 Å². The highest BCUT2D eigenvalue weighted by molar-refractivity contribution is 9.10. The number of aromatic nitrogens is 1. The number of nitriles is 1. The van der Waals surface area contributed by atoms with E-state index >= 15 is 0 Å². The molecule has 0 aliphatic carbocycles. The molecule has 0 spiro atoms. The van der Waals surface area contributed by atoms with Crippen LogP contribution in [0.3, 0.4) is 0 Å². The number of nitrogens with one attached hydrogen (secondary N) is 1. The average Bonchev–Trinajstić information content (AvgIpc) is 2.83. The molecule has 0 aliphatic heterocycles. The van der Waals surface area contributed by atoms with Crippen molar-refractivity contribution in [3.63, 3.8) is 0 Å². The molecule has 5 nitrogen and oxygen atoms in total. The van der Waals surface area contributed by atoms with Crippen LogP contribution in [-0.2, 0) is 10.0 Å². The van der Waals surface area contributed by atoms with E-state index in [9.17, 15) is 8.42 Å². The highest BCUT2D eigenvalue weighted by Gasteiger charge is 2.17. The van der Waals surface area contributed by atoms with E-state index in [2.05, 4.69) is 25.6 Å². The number of thiophene rings is 1. The average molecular weight is 358 g/mol. The van der Waals surface area contributed by atoms with Crippen LogP contribution >= 0.6 is 27.3 Å². The quantitative estimate of drug-likeness (QED) is 0.856. The minimum Gasteiger partial charge on any atom is -0.277 e. The van der Waals surface area contributed by atoms with Crippen LogP contribution in [0.4, 0.5) is 5.69 Å². The zero-order chi connectivity index (χ0) is 14.0. The maximum absolute atomic E-state index is 12.1. The third-order valence-electron chi connectivity index (χ3n) is 2.22. The van der Waals surface area contributed by atoms with E-state index < -0.39 is 10.0 Å². The van der Waals surface area contributed by atoms with Gasteiger partial charge in [0, 0.05) is 0 Å². The molecule has 0 aromatic carbocycles. The summed E-state index contributed by atoms with van der Waals surface area (Å²) in [6.07, 6.45) is 1.42. The summed E-state index contributed by atoms with van der Waals surface area (Å²) < 4.78 is 27.4. The Bertz CT molecular complexity index is 762. The van der Waals surface area contributed by atoms with Crippen LogP contribution in [0.1, 0.15) is 10.4 Å². The number of anilines is 1. The monoisotopic (exact) mass is 357 g/mol. The van der Waals surface area contributed by atoms with Crippen molar-refractivity contribution in [3.8, 4) is 6.07 Å². The van der Waals surface area contributed by atoms with Gasteiger partial charge in [0.2, 0.25) is 0 Å². The standard InChI is InChI=1S/C11H8BrN3O2S2/c1-7-4-8(6-14-11(7)12)15-19(16,17)10-3-2-9(5-13)18-10/h2-4,6,15H,1H3. The lowest BCUT2D eigenvalue weighted by Gasteiger charge is -2.07. The predicted molar refractivity (Wildman–Crippen MR) is 76.5 cm³/mol. The van der Waals surface area contributed by atoms with Crippen LogP contribution in [0.2, 0.25) is 0 Å². The lowest BCUT2D eigenvalue weighted by molar-refractivity contribution is 0.603. The molecule has 19 heavy (non-hydrogen) atoms. The zero-order valence-electron chi connectivity index (χ0n) is 9.71. The highest BCUT2D eigenvalue weighted by atomic mass is 79.9. The van der Waals surface area contributed by atoms with Gasteiger partial charge >= 0.3 is 0 Å². The fourth-order valence-corrected chi connectivity index (χ4v) is 3.70.